The van der Waals surface area contributed by atoms with Crippen LogP contribution in [0.2, 0.25) is 0 Å². The maximum Gasteiger partial charge on any atom is 0.166 e. The summed E-state index contributed by atoms with van der Waals surface area (Å²) < 4.78 is 5.42. The number of rotatable bonds is 8. The van der Waals surface area contributed by atoms with E-state index >= 15 is 0 Å². The van der Waals surface area contributed by atoms with Gasteiger partial charge >= 0.3 is 0 Å². The molecule has 27 heavy (non-hydrogen) atoms. The molecule has 144 valence electrons. The summed E-state index contributed by atoms with van der Waals surface area (Å²) in [6.07, 6.45) is 1.66. The summed E-state index contributed by atoms with van der Waals surface area (Å²) in [6.45, 7) is 4.27. The average Bonchev–Trinajstić information content (AvgIpc) is 2.72. The Kier molecular flexibility index (Phi) is 7.02. The SMILES string of the molecule is CN(C)CCC(Cc1ccccc1)C(=O)c1ccc(N2CCOCC2)cc1. The molecule has 0 aliphatic carbocycles. The van der Waals surface area contributed by atoms with Gasteiger partial charge in [-0.2, -0.15) is 0 Å². The number of nitrogens with zero attached hydrogens (tertiary/aromatic N) is 2. The fourth-order valence-electron chi connectivity index (χ4n) is 3.53. The molecule has 4 heteroatoms. The Labute approximate surface area is 162 Å². The van der Waals surface area contributed by atoms with E-state index in [4.69, 9.17) is 4.74 Å². The number of benzene rings is 2. The lowest BCUT2D eigenvalue weighted by molar-refractivity contribution is 0.0906. The van der Waals surface area contributed by atoms with Gasteiger partial charge in [0.25, 0.3) is 0 Å². The number of carbonyl (C=O) groups is 1. The summed E-state index contributed by atoms with van der Waals surface area (Å²) in [5.74, 6) is 0.248. The number of anilines is 1. The Morgan fingerprint density at radius 2 is 1.70 bits per heavy atom. The Morgan fingerprint density at radius 3 is 2.33 bits per heavy atom. The topological polar surface area (TPSA) is 32.8 Å². The summed E-state index contributed by atoms with van der Waals surface area (Å²) in [6, 6.07) is 18.4. The number of hydrogen-bond donors (Lipinski definition) is 0. The minimum absolute atomic E-state index is 0.00374. The van der Waals surface area contributed by atoms with Gasteiger partial charge in [-0.05, 0) is 63.3 Å². The Balaban J connectivity index is 1.71. The molecule has 0 aromatic heterocycles. The molecule has 1 aliphatic rings. The number of carbonyl (C=O) groups excluding carboxylic acids is 1. The Bertz CT molecular complexity index is 707. The second-order valence-electron chi connectivity index (χ2n) is 7.49. The number of ether oxygens (including phenoxy) is 1. The molecule has 1 fully saturated rings. The smallest absolute Gasteiger partial charge is 0.166 e. The first-order chi connectivity index (χ1) is 13.1. The first kappa shape index (κ1) is 19.6. The van der Waals surface area contributed by atoms with Crippen LogP contribution in [0.4, 0.5) is 5.69 Å². The van der Waals surface area contributed by atoms with Crippen LogP contribution in [-0.4, -0.2) is 57.6 Å². The monoisotopic (exact) mass is 366 g/mol. The quantitative estimate of drug-likeness (QED) is 0.669. The van der Waals surface area contributed by atoms with Crippen molar-refractivity contribution in [2.75, 3.05) is 51.8 Å². The van der Waals surface area contributed by atoms with Gasteiger partial charge in [0.05, 0.1) is 13.2 Å². The van der Waals surface area contributed by atoms with Gasteiger partial charge in [0.2, 0.25) is 0 Å². The number of hydrogen-bond acceptors (Lipinski definition) is 4. The normalized spacial score (nSPS) is 15.7. The zero-order valence-electron chi connectivity index (χ0n) is 16.4. The van der Waals surface area contributed by atoms with Crippen LogP contribution >= 0.6 is 0 Å². The molecule has 2 aromatic carbocycles. The van der Waals surface area contributed by atoms with Crippen LogP contribution in [-0.2, 0) is 11.2 Å². The van der Waals surface area contributed by atoms with Crippen molar-refractivity contribution in [2.24, 2.45) is 5.92 Å². The summed E-state index contributed by atoms with van der Waals surface area (Å²) in [5.41, 5.74) is 3.20. The van der Waals surface area contributed by atoms with Gasteiger partial charge in [-0.25, -0.2) is 0 Å². The van der Waals surface area contributed by atoms with Gasteiger partial charge in [-0.15, -0.1) is 0 Å². The standard InChI is InChI=1S/C23H30N2O2/c1-24(2)13-12-21(18-19-6-4-3-5-7-19)23(26)20-8-10-22(11-9-20)25-14-16-27-17-15-25/h3-11,21H,12-18H2,1-2H3. The van der Waals surface area contributed by atoms with E-state index in [1.54, 1.807) is 0 Å². The Hall–Kier alpha value is -2.17. The molecule has 1 saturated heterocycles. The molecule has 3 rings (SSSR count). The van der Waals surface area contributed by atoms with Crippen LogP contribution in [0.1, 0.15) is 22.3 Å². The van der Waals surface area contributed by atoms with Crippen LogP contribution in [0.15, 0.2) is 54.6 Å². The lowest BCUT2D eigenvalue weighted by Gasteiger charge is -2.29. The van der Waals surface area contributed by atoms with Gasteiger partial charge in [0, 0.05) is 30.3 Å². The van der Waals surface area contributed by atoms with Crippen molar-refractivity contribution in [3.63, 3.8) is 0 Å². The van der Waals surface area contributed by atoms with Crippen LogP contribution in [0.5, 0.6) is 0 Å². The van der Waals surface area contributed by atoms with Gasteiger partial charge in [0.15, 0.2) is 5.78 Å². The lowest BCUT2D eigenvalue weighted by atomic mass is 9.88. The highest BCUT2D eigenvalue weighted by Crippen LogP contribution is 2.22. The van der Waals surface area contributed by atoms with Gasteiger partial charge in [-0.1, -0.05) is 30.3 Å². The second-order valence-corrected chi connectivity index (χ2v) is 7.49. The molecule has 0 radical (unpaired) electrons. The van der Waals surface area contributed by atoms with E-state index < -0.39 is 0 Å². The van der Waals surface area contributed by atoms with Crippen LogP contribution in [0.25, 0.3) is 0 Å². The number of morpholine rings is 1. The first-order valence-electron chi connectivity index (χ1n) is 9.79. The van der Waals surface area contributed by atoms with Crippen molar-refractivity contribution >= 4 is 11.5 Å². The molecule has 4 nitrogen and oxygen atoms in total. The molecule has 0 spiro atoms. The minimum atomic E-state index is 0.00374. The molecule has 0 saturated carbocycles. The summed E-state index contributed by atoms with van der Waals surface area (Å²) in [4.78, 5) is 17.7. The minimum Gasteiger partial charge on any atom is -0.378 e. The van der Waals surface area contributed by atoms with Gasteiger partial charge < -0.3 is 14.5 Å². The molecule has 1 atom stereocenters. The molecule has 1 unspecified atom stereocenters. The molecule has 0 amide bonds. The predicted octanol–water partition coefficient (Wildman–Crippen LogP) is 3.52. The highest BCUT2D eigenvalue weighted by molar-refractivity contribution is 5.98. The summed E-state index contributed by atoms with van der Waals surface area (Å²) in [7, 11) is 4.11. The Morgan fingerprint density at radius 1 is 1.04 bits per heavy atom. The number of ketones is 1. The van der Waals surface area contributed by atoms with Gasteiger partial charge in [0.1, 0.15) is 0 Å². The van der Waals surface area contributed by atoms with Crippen molar-refractivity contribution in [1.82, 2.24) is 4.90 Å². The molecular weight excluding hydrogens is 336 g/mol. The first-order valence-corrected chi connectivity index (χ1v) is 9.79. The molecular formula is C23H30N2O2. The fraction of sp³-hybridized carbons (Fsp3) is 0.435. The lowest BCUT2D eigenvalue weighted by Crippen LogP contribution is -2.36. The zero-order valence-corrected chi connectivity index (χ0v) is 16.4. The van der Waals surface area contributed by atoms with E-state index in [2.05, 4.69) is 48.2 Å². The maximum absolute atomic E-state index is 13.2. The van der Waals surface area contributed by atoms with E-state index in [1.165, 1.54) is 11.3 Å². The third-order valence-corrected chi connectivity index (χ3v) is 5.15. The zero-order chi connectivity index (χ0) is 19.1. The van der Waals surface area contributed by atoms with Crippen molar-refractivity contribution in [2.45, 2.75) is 12.8 Å². The van der Waals surface area contributed by atoms with Crippen molar-refractivity contribution < 1.29 is 9.53 Å². The largest absolute Gasteiger partial charge is 0.378 e. The van der Waals surface area contributed by atoms with Crippen molar-refractivity contribution in [3.05, 3.63) is 65.7 Å². The predicted molar refractivity (Wildman–Crippen MR) is 111 cm³/mol. The second kappa shape index (κ2) is 9.67. The van der Waals surface area contributed by atoms with E-state index in [0.717, 1.165) is 51.3 Å². The van der Waals surface area contributed by atoms with E-state index in [9.17, 15) is 4.79 Å². The summed E-state index contributed by atoms with van der Waals surface area (Å²) in [5, 5.41) is 0. The van der Waals surface area contributed by atoms with Gasteiger partial charge in [-0.3, -0.25) is 4.79 Å². The third kappa shape index (κ3) is 5.65. The van der Waals surface area contributed by atoms with E-state index in [-0.39, 0.29) is 11.7 Å². The maximum atomic E-state index is 13.2. The number of Topliss-reactive ketones (excluding diaryl/α,β-unsaturated/α-hetero) is 1. The molecule has 1 heterocycles. The molecule has 0 bridgehead atoms. The van der Waals surface area contributed by atoms with Crippen LogP contribution in [0.3, 0.4) is 0 Å². The molecule has 0 N–H and O–H groups in total. The van der Waals surface area contributed by atoms with E-state index in [0.29, 0.717) is 0 Å². The molecule has 1 aliphatic heterocycles. The average molecular weight is 367 g/mol. The fourth-order valence-corrected chi connectivity index (χ4v) is 3.53. The molecule has 2 aromatic rings. The van der Waals surface area contributed by atoms with E-state index in [1.807, 2.05) is 30.3 Å². The van der Waals surface area contributed by atoms with Crippen molar-refractivity contribution in [3.8, 4) is 0 Å². The van der Waals surface area contributed by atoms with Crippen molar-refractivity contribution in [1.29, 1.82) is 0 Å². The highest BCUT2D eigenvalue weighted by atomic mass is 16.5. The third-order valence-electron chi connectivity index (χ3n) is 5.15. The highest BCUT2D eigenvalue weighted by Gasteiger charge is 2.21. The van der Waals surface area contributed by atoms with Crippen LogP contribution < -0.4 is 4.90 Å². The van der Waals surface area contributed by atoms with Crippen LogP contribution in [0, 0.1) is 5.92 Å². The summed E-state index contributed by atoms with van der Waals surface area (Å²) >= 11 is 0.